The van der Waals surface area contributed by atoms with Gasteiger partial charge in [-0.05, 0) is 12.1 Å². The van der Waals surface area contributed by atoms with Crippen molar-refractivity contribution >= 4 is 28.8 Å². The lowest BCUT2D eigenvalue weighted by Crippen LogP contribution is -2.67. The van der Waals surface area contributed by atoms with Gasteiger partial charge >= 0.3 is 0 Å². The maximum atomic E-state index is 12.6. The van der Waals surface area contributed by atoms with Crippen molar-refractivity contribution in [3.8, 4) is 0 Å². The van der Waals surface area contributed by atoms with Crippen molar-refractivity contribution in [3.05, 3.63) is 53.9 Å². The van der Waals surface area contributed by atoms with Gasteiger partial charge in [0.05, 0.1) is 0 Å². The molecule has 0 saturated carbocycles. The number of rotatable bonds is 5. The fraction of sp³-hybridized carbons (Fsp3) is 0.300. The number of methoxy groups -OCH3 is 1. The lowest BCUT2D eigenvalue weighted by Gasteiger charge is -2.34. The minimum Gasteiger partial charge on any atom is -0.391 e. The molecule has 3 rings (SSSR count). The fourth-order valence-corrected chi connectivity index (χ4v) is 3.08. The van der Waals surface area contributed by atoms with Crippen molar-refractivity contribution in [1.29, 1.82) is 0 Å². The van der Waals surface area contributed by atoms with E-state index < -0.39 is 24.1 Å². The molecule has 1 aliphatic heterocycles. The summed E-state index contributed by atoms with van der Waals surface area (Å²) in [5.74, 6) is -1.18. The van der Waals surface area contributed by atoms with Crippen molar-refractivity contribution in [2.24, 2.45) is 0 Å². The van der Waals surface area contributed by atoms with Crippen LogP contribution in [0.15, 0.2) is 42.6 Å². The lowest BCUT2D eigenvalue weighted by atomic mass is 9.86. The minimum absolute atomic E-state index is 0.0759. The number of hydrogen-bond acceptors (Lipinski definition) is 4. The Morgan fingerprint density at radius 1 is 1.30 bits per heavy atom. The van der Waals surface area contributed by atoms with E-state index in [0.717, 1.165) is 22.2 Å². The number of nitrogens with one attached hydrogen (secondary N) is 3. The van der Waals surface area contributed by atoms with Crippen molar-refractivity contribution in [1.82, 2.24) is 15.6 Å². The number of ether oxygens (including phenoxy) is 1. The van der Waals surface area contributed by atoms with Gasteiger partial charge in [0.25, 0.3) is 11.8 Å². The third-order valence-electron chi connectivity index (χ3n) is 4.94. The van der Waals surface area contributed by atoms with E-state index >= 15 is 0 Å². The van der Waals surface area contributed by atoms with Crippen LogP contribution in [-0.4, -0.2) is 41.3 Å². The van der Waals surface area contributed by atoms with E-state index in [1.807, 2.05) is 44.2 Å². The topological polar surface area (TPSA) is 103 Å². The summed E-state index contributed by atoms with van der Waals surface area (Å²) in [6, 6.07) is 7.71. The Balaban J connectivity index is 2.14. The van der Waals surface area contributed by atoms with Gasteiger partial charge in [-0.3, -0.25) is 9.59 Å². The molecule has 0 aliphatic carbocycles. The van der Waals surface area contributed by atoms with Crippen LogP contribution in [-0.2, 0) is 19.7 Å². The number of carbonyl (C=O) groups is 2. The molecule has 7 heteroatoms. The number of H-pyrrole nitrogens is 1. The van der Waals surface area contributed by atoms with Gasteiger partial charge in [-0.1, -0.05) is 38.1 Å². The van der Waals surface area contributed by atoms with E-state index in [1.165, 1.54) is 7.11 Å². The summed E-state index contributed by atoms with van der Waals surface area (Å²) in [7, 11) is 1.25. The van der Waals surface area contributed by atoms with Gasteiger partial charge in [-0.15, -0.1) is 6.58 Å². The molecule has 2 amide bonds. The van der Waals surface area contributed by atoms with Gasteiger partial charge in [0.2, 0.25) is 5.72 Å². The van der Waals surface area contributed by atoms with Crippen LogP contribution >= 0.6 is 0 Å². The van der Waals surface area contributed by atoms with E-state index in [1.54, 1.807) is 6.08 Å². The number of aliphatic hydroxyl groups excluding tert-OH is 1. The Hall–Kier alpha value is -2.90. The van der Waals surface area contributed by atoms with Crippen LogP contribution in [0, 0.1) is 0 Å². The summed E-state index contributed by atoms with van der Waals surface area (Å²) in [6.07, 6.45) is 3.45. The molecule has 1 atom stereocenters. The van der Waals surface area contributed by atoms with Gasteiger partial charge < -0.3 is 25.5 Å². The highest BCUT2D eigenvalue weighted by Crippen LogP contribution is 2.34. The molecular formula is C20H23N3O4. The lowest BCUT2D eigenvalue weighted by molar-refractivity contribution is -0.162. The highest BCUT2D eigenvalue weighted by Gasteiger charge is 2.45. The third kappa shape index (κ3) is 3.05. The normalized spacial score (nSPS) is 22.0. The summed E-state index contributed by atoms with van der Waals surface area (Å²) in [4.78, 5) is 28.3. The van der Waals surface area contributed by atoms with Crippen LogP contribution < -0.4 is 10.6 Å². The molecule has 0 radical (unpaired) electrons. The first-order valence-electron chi connectivity index (χ1n) is 8.54. The number of fused-ring (bicyclic) bond motifs is 1. The van der Waals surface area contributed by atoms with Crippen molar-refractivity contribution in [2.45, 2.75) is 25.0 Å². The Kier molecular flexibility index (Phi) is 4.67. The second-order valence-corrected chi connectivity index (χ2v) is 7.04. The quantitative estimate of drug-likeness (QED) is 0.474. The van der Waals surface area contributed by atoms with Crippen LogP contribution in [0.4, 0.5) is 0 Å². The molecule has 1 fully saturated rings. The van der Waals surface area contributed by atoms with Gasteiger partial charge in [-0.2, -0.15) is 0 Å². The molecule has 142 valence electrons. The zero-order valence-corrected chi connectivity index (χ0v) is 15.6. The number of aromatic amines is 1. The standard InChI is InChI=1S/C20H23N3O4/c1-5-19(2,3)16-13(12-8-6-7-9-14(12)21-16)10-15-17(25)23-20(11-24,27-4)18(26)22-15/h5-10,21,24H,1,11H2,2-4H3,(H,22,26)(H,23,25)/b15-10-/t20-/m1/s1. The number of hydrogen-bond donors (Lipinski definition) is 4. The molecular weight excluding hydrogens is 346 g/mol. The Bertz CT molecular complexity index is 951. The summed E-state index contributed by atoms with van der Waals surface area (Å²) < 4.78 is 5.02. The first-order valence-corrected chi connectivity index (χ1v) is 8.54. The van der Waals surface area contributed by atoms with Crippen LogP contribution in [0.2, 0.25) is 0 Å². The number of aliphatic hydroxyl groups is 1. The average Bonchev–Trinajstić information content (AvgIpc) is 3.04. The summed E-state index contributed by atoms with van der Waals surface area (Å²) in [5.41, 5.74) is 0.485. The summed E-state index contributed by atoms with van der Waals surface area (Å²) in [6.45, 7) is 7.25. The SMILES string of the molecule is C=CC(C)(C)c1[nH]c2ccccc2c1/C=C1\NC(=O)[C@@](CO)(OC)NC1=O. The second-order valence-electron chi connectivity index (χ2n) is 7.04. The monoisotopic (exact) mass is 369 g/mol. The molecule has 0 unspecified atom stereocenters. The molecule has 1 saturated heterocycles. The predicted molar refractivity (Wildman–Crippen MR) is 103 cm³/mol. The van der Waals surface area contributed by atoms with Crippen molar-refractivity contribution in [2.75, 3.05) is 13.7 Å². The maximum absolute atomic E-state index is 12.6. The van der Waals surface area contributed by atoms with Crippen LogP contribution in [0.5, 0.6) is 0 Å². The third-order valence-corrected chi connectivity index (χ3v) is 4.94. The summed E-state index contributed by atoms with van der Waals surface area (Å²) in [5, 5.41) is 15.4. The zero-order chi connectivity index (χ0) is 19.8. The molecule has 0 bridgehead atoms. The number of amides is 2. The number of para-hydroxylation sites is 1. The van der Waals surface area contributed by atoms with Gasteiger partial charge in [0.1, 0.15) is 12.3 Å². The fourth-order valence-electron chi connectivity index (χ4n) is 3.08. The highest BCUT2D eigenvalue weighted by atomic mass is 16.5. The Morgan fingerprint density at radius 2 is 2.00 bits per heavy atom. The van der Waals surface area contributed by atoms with Gasteiger partial charge in [-0.25, -0.2) is 0 Å². The molecule has 1 aromatic carbocycles. The first kappa shape index (κ1) is 18.9. The van der Waals surface area contributed by atoms with Crippen molar-refractivity contribution < 1.29 is 19.4 Å². The van der Waals surface area contributed by atoms with E-state index in [4.69, 9.17) is 4.74 Å². The minimum atomic E-state index is -1.78. The van der Waals surface area contributed by atoms with E-state index in [9.17, 15) is 14.7 Å². The number of aromatic nitrogens is 1. The largest absolute Gasteiger partial charge is 0.391 e. The van der Waals surface area contributed by atoms with E-state index in [2.05, 4.69) is 22.2 Å². The molecule has 1 aromatic heterocycles. The first-order chi connectivity index (χ1) is 12.8. The number of piperazine rings is 1. The maximum Gasteiger partial charge on any atom is 0.280 e. The predicted octanol–water partition coefficient (Wildman–Crippen LogP) is 1.55. The van der Waals surface area contributed by atoms with Crippen LogP contribution in [0.3, 0.4) is 0 Å². The molecule has 4 N–H and O–H groups in total. The van der Waals surface area contributed by atoms with Crippen LogP contribution in [0.25, 0.3) is 17.0 Å². The zero-order valence-electron chi connectivity index (χ0n) is 15.6. The van der Waals surface area contributed by atoms with E-state index in [0.29, 0.717) is 0 Å². The average molecular weight is 369 g/mol. The van der Waals surface area contributed by atoms with Gasteiger partial charge in [0, 0.05) is 34.7 Å². The molecule has 27 heavy (non-hydrogen) atoms. The number of allylic oxidation sites excluding steroid dienone is 1. The second kappa shape index (κ2) is 6.68. The van der Waals surface area contributed by atoms with Crippen molar-refractivity contribution in [3.63, 3.8) is 0 Å². The Labute approximate surface area is 157 Å². The smallest absolute Gasteiger partial charge is 0.280 e. The molecule has 0 spiro atoms. The van der Waals surface area contributed by atoms with E-state index in [-0.39, 0.29) is 11.1 Å². The highest BCUT2D eigenvalue weighted by molar-refractivity contribution is 6.09. The summed E-state index contributed by atoms with van der Waals surface area (Å²) >= 11 is 0. The van der Waals surface area contributed by atoms with Crippen LogP contribution in [0.1, 0.15) is 25.1 Å². The molecule has 1 aliphatic rings. The molecule has 2 heterocycles. The Morgan fingerprint density at radius 3 is 2.63 bits per heavy atom. The molecule has 2 aromatic rings. The molecule has 7 nitrogen and oxygen atoms in total. The number of carbonyl (C=O) groups excluding carboxylic acids is 2. The van der Waals surface area contributed by atoms with Gasteiger partial charge in [0.15, 0.2) is 0 Å². The number of benzene rings is 1.